The smallest absolute Gasteiger partial charge is 0.209 e. The molecule has 0 aliphatic carbocycles. The molecule has 0 aliphatic heterocycles. The summed E-state index contributed by atoms with van der Waals surface area (Å²) in [4.78, 5) is 6.54. The quantitative estimate of drug-likeness (QED) is 0.879. The lowest BCUT2D eigenvalue weighted by atomic mass is 9.93. The zero-order valence-electron chi connectivity index (χ0n) is 12.5. The number of aromatic nitrogens is 1. The van der Waals surface area contributed by atoms with Gasteiger partial charge in [-0.05, 0) is 19.0 Å². The van der Waals surface area contributed by atoms with Gasteiger partial charge in [0.05, 0.1) is 12.7 Å². The maximum Gasteiger partial charge on any atom is 0.209 e. The molecule has 0 radical (unpaired) electrons. The van der Waals surface area contributed by atoms with Gasteiger partial charge in [-0.3, -0.25) is 4.90 Å². The van der Waals surface area contributed by atoms with Crippen LogP contribution < -0.4 is 5.73 Å². The van der Waals surface area contributed by atoms with E-state index < -0.39 is 0 Å². The van der Waals surface area contributed by atoms with Crippen LogP contribution in [0.15, 0.2) is 40.9 Å². The summed E-state index contributed by atoms with van der Waals surface area (Å²) < 4.78 is 5.80. The Labute approximate surface area is 120 Å². The molecule has 108 valence electrons. The first-order valence-electron chi connectivity index (χ1n) is 6.89. The Morgan fingerprint density at radius 1 is 1.25 bits per heavy atom. The van der Waals surface area contributed by atoms with Gasteiger partial charge in [0.25, 0.3) is 0 Å². The van der Waals surface area contributed by atoms with E-state index in [9.17, 15) is 0 Å². The molecule has 0 amide bonds. The largest absolute Gasteiger partial charge is 0.439 e. The Balaban J connectivity index is 2.00. The highest BCUT2D eigenvalue weighted by Crippen LogP contribution is 2.21. The van der Waals surface area contributed by atoms with E-state index in [1.807, 2.05) is 30.3 Å². The molecule has 0 unspecified atom stereocenters. The van der Waals surface area contributed by atoms with E-state index in [2.05, 4.69) is 30.8 Å². The van der Waals surface area contributed by atoms with Gasteiger partial charge in [0, 0.05) is 12.1 Å². The maximum absolute atomic E-state index is 5.80. The number of benzene rings is 1. The van der Waals surface area contributed by atoms with Gasteiger partial charge in [-0.2, -0.15) is 0 Å². The number of nitrogens with two attached hydrogens (primary N) is 1. The first kappa shape index (κ1) is 14.8. The van der Waals surface area contributed by atoms with Crippen molar-refractivity contribution in [2.45, 2.75) is 20.4 Å². The standard InChI is InChI=1S/C16H23N3O/c1-16(2,11-17)12-19(3)10-15-18-9-14(20-15)13-7-5-4-6-8-13/h4-9H,10-12,17H2,1-3H3. The second-order valence-electron chi connectivity index (χ2n) is 6.02. The predicted molar refractivity (Wildman–Crippen MR) is 81.1 cm³/mol. The van der Waals surface area contributed by atoms with Crippen molar-refractivity contribution in [3.63, 3.8) is 0 Å². The van der Waals surface area contributed by atoms with Crippen molar-refractivity contribution < 1.29 is 4.42 Å². The van der Waals surface area contributed by atoms with Crippen LogP contribution in [0, 0.1) is 5.41 Å². The second-order valence-corrected chi connectivity index (χ2v) is 6.02. The molecule has 0 bridgehead atoms. The van der Waals surface area contributed by atoms with Gasteiger partial charge in [0.2, 0.25) is 5.89 Å². The zero-order valence-corrected chi connectivity index (χ0v) is 12.5. The number of rotatable bonds is 6. The van der Waals surface area contributed by atoms with Crippen LogP contribution in [0.4, 0.5) is 0 Å². The number of hydrogen-bond acceptors (Lipinski definition) is 4. The SMILES string of the molecule is CN(Cc1ncc(-c2ccccc2)o1)CC(C)(C)CN. The molecule has 0 saturated heterocycles. The molecule has 0 spiro atoms. The summed E-state index contributed by atoms with van der Waals surface area (Å²) in [5.74, 6) is 1.55. The average molecular weight is 273 g/mol. The van der Waals surface area contributed by atoms with Crippen LogP contribution in [0.2, 0.25) is 0 Å². The van der Waals surface area contributed by atoms with Gasteiger partial charge < -0.3 is 10.2 Å². The Hall–Kier alpha value is -1.65. The lowest BCUT2D eigenvalue weighted by molar-refractivity contribution is 0.196. The second kappa shape index (κ2) is 6.20. The minimum atomic E-state index is 0.101. The van der Waals surface area contributed by atoms with E-state index in [0.717, 1.165) is 23.8 Å². The Morgan fingerprint density at radius 3 is 2.60 bits per heavy atom. The lowest BCUT2D eigenvalue weighted by Crippen LogP contribution is -2.36. The number of nitrogens with zero attached hydrogens (tertiary/aromatic N) is 2. The van der Waals surface area contributed by atoms with Gasteiger partial charge in [-0.15, -0.1) is 0 Å². The first-order chi connectivity index (χ1) is 9.50. The maximum atomic E-state index is 5.80. The van der Waals surface area contributed by atoms with Crippen LogP contribution >= 0.6 is 0 Å². The summed E-state index contributed by atoms with van der Waals surface area (Å²) in [6, 6.07) is 10.0. The molecule has 1 heterocycles. The minimum absolute atomic E-state index is 0.101. The van der Waals surface area contributed by atoms with E-state index in [1.165, 1.54) is 0 Å². The van der Waals surface area contributed by atoms with Gasteiger partial charge in [0.1, 0.15) is 0 Å². The monoisotopic (exact) mass is 273 g/mol. The Morgan fingerprint density at radius 2 is 1.95 bits per heavy atom. The lowest BCUT2D eigenvalue weighted by Gasteiger charge is -2.28. The fourth-order valence-electron chi connectivity index (χ4n) is 2.20. The first-order valence-corrected chi connectivity index (χ1v) is 6.89. The van der Waals surface area contributed by atoms with Crippen molar-refractivity contribution in [2.24, 2.45) is 11.1 Å². The third kappa shape index (κ3) is 3.92. The van der Waals surface area contributed by atoms with E-state index >= 15 is 0 Å². The van der Waals surface area contributed by atoms with Crippen LogP contribution in [0.3, 0.4) is 0 Å². The van der Waals surface area contributed by atoms with Crippen molar-refractivity contribution in [3.05, 3.63) is 42.4 Å². The van der Waals surface area contributed by atoms with Crippen LogP contribution in [-0.2, 0) is 6.54 Å². The predicted octanol–water partition coefficient (Wildman–Crippen LogP) is 2.76. The van der Waals surface area contributed by atoms with Crippen LogP contribution in [-0.4, -0.2) is 30.0 Å². The summed E-state index contributed by atoms with van der Waals surface area (Å²) in [6.45, 7) is 6.59. The Bertz CT molecular complexity index is 534. The fraction of sp³-hybridized carbons (Fsp3) is 0.438. The number of hydrogen-bond donors (Lipinski definition) is 1. The van der Waals surface area contributed by atoms with E-state index in [-0.39, 0.29) is 5.41 Å². The molecular weight excluding hydrogens is 250 g/mol. The van der Waals surface area contributed by atoms with Crippen molar-refractivity contribution in [3.8, 4) is 11.3 Å². The summed E-state index contributed by atoms with van der Waals surface area (Å²) in [5, 5.41) is 0. The topological polar surface area (TPSA) is 55.3 Å². The minimum Gasteiger partial charge on any atom is -0.439 e. The highest BCUT2D eigenvalue weighted by Gasteiger charge is 2.19. The van der Waals surface area contributed by atoms with E-state index in [1.54, 1.807) is 6.20 Å². The third-order valence-corrected chi connectivity index (χ3v) is 3.27. The third-order valence-electron chi connectivity index (χ3n) is 3.27. The van der Waals surface area contributed by atoms with E-state index in [0.29, 0.717) is 13.1 Å². The van der Waals surface area contributed by atoms with Crippen LogP contribution in [0.1, 0.15) is 19.7 Å². The van der Waals surface area contributed by atoms with Crippen molar-refractivity contribution in [1.29, 1.82) is 0 Å². The Kier molecular flexibility index (Phi) is 4.57. The molecule has 4 nitrogen and oxygen atoms in total. The van der Waals surface area contributed by atoms with Gasteiger partial charge in [-0.1, -0.05) is 44.2 Å². The molecule has 1 aromatic carbocycles. The summed E-state index contributed by atoms with van der Waals surface area (Å²) in [7, 11) is 2.06. The average Bonchev–Trinajstić information content (AvgIpc) is 2.87. The molecule has 2 aromatic rings. The molecule has 1 aromatic heterocycles. The molecule has 0 fully saturated rings. The molecule has 0 aliphatic rings. The molecular formula is C16H23N3O. The van der Waals surface area contributed by atoms with Gasteiger partial charge in [-0.25, -0.2) is 4.98 Å². The fourth-order valence-corrected chi connectivity index (χ4v) is 2.20. The van der Waals surface area contributed by atoms with Gasteiger partial charge in [0.15, 0.2) is 5.76 Å². The highest BCUT2D eigenvalue weighted by atomic mass is 16.4. The molecule has 0 saturated carbocycles. The molecule has 4 heteroatoms. The summed E-state index contributed by atoms with van der Waals surface area (Å²) >= 11 is 0. The molecule has 20 heavy (non-hydrogen) atoms. The summed E-state index contributed by atoms with van der Waals surface area (Å²) in [5.41, 5.74) is 6.92. The summed E-state index contributed by atoms with van der Waals surface area (Å²) in [6.07, 6.45) is 1.78. The van der Waals surface area contributed by atoms with Crippen LogP contribution in [0.25, 0.3) is 11.3 Å². The highest BCUT2D eigenvalue weighted by molar-refractivity contribution is 5.55. The van der Waals surface area contributed by atoms with E-state index in [4.69, 9.17) is 10.2 Å². The molecule has 2 rings (SSSR count). The van der Waals surface area contributed by atoms with Crippen LogP contribution in [0.5, 0.6) is 0 Å². The normalized spacial score (nSPS) is 12.1. The van der Waals surface area contributed by atoms with Crippen molar-refractivity contribution in [2.75, 3.05) is 20.1 Å². The zero-order chi connectivity index (χ0) is 14.6. The van der Waals surface area contributed by atoms with Gasteiger partial charge >= 0.3 is 0 Å². The molecule has 0 atom stereocenters. The molecule has 2 N–H and O–H groups in total. The number of oxazole rings is 1. The van der Waals surface area contributed by atoms with Crippen molar-refractivity contribution in [1.82, 2.24) is 9.88 Å². The van der Waals surface area contributed by atoms with Crippen molar-refractivity contribution >= 4 is 0 Å².